The Kier molecular flexibility index (Phi) is 5.06. The molecule has 3 N–H and O–H groups in total. The van der Waals surface area contributed by atoms with E-state index >= 15 is 0 Å². The molecule has 0 heterocycles. The van der Waals surface area contributed by atoms with E-state index in [1.54, 1.807) is 30.3 Å². The molecule has 0 saturated heterocycles. The van der Waals surface area contributed by atoms with Gasteiger partial charge < -0.3 is 15.8 Å². The second-order valence-electron chi connectivity index (χ2n) is 4.72. The van der Waals surface area contributed by atoms with Crippen LogP contribution < -0.4 is 15.8 Å². The van der Waals surface area contributed by atoms with Crippen molar-refractivity contribution in [3.63, 3.8) is 0 Å². The molecule has 2 aromatic carbocycles. The van der Waals surface area contributed by atoms with Crippen molar-refractivity contribution in [3.05, 3.63) is 58.6 Å². The number of nitrogen functional groups attached to an aromatic ring is 1. The molecule has 21 heavy (non-hydrogen) atoms. The van der Waals surface area contributed by atoms with Crippen molar-refractivity contribution in [1.82, 2.24) is 5.32 Å². The molecule has 0 fully saturated rings. The molecular formula is C16H17ClN2O2. The van der Waals surface area contributed by atoms with Crippen molar-refractivity contribution < 1.29 is 9.53 Å². The fourth-order valence-electron chi connectivity index (χ4n) is 1.83. The Morgan fingerprint density at radius 1 is 1.24 bits per heavy atom. The molecule has 2 rings (SSSR count). The van der Waals surface area contributed by atoms with E-state index in [0.717, 1.165) is 11.1 Å². The third kappa shape index (κ3) is 4.68. The van der Waals surface area contributed by atoms with Gasteiger partial charge in [-0.05, 0) is 48.4 Å². The van der Waals surface area contributed by atoms with Gasteiger partial charge in [-0.2, -0.15) is 0 Å². The normalized spacial score (nSPS) is 10.2. The molecule has 0 atom stereocenters. The van der Waals surface area contributed by atoms with Gasteiger partial charge in [-0.25, -0.2) is 0 Å². The molecule has 0 unspecified atom stereocenters. The standard InChI is InChI=1S/C16H17ClN2O2/c1-11-8-14(18)6-7-15(11)21-10-16(20)19-9-12-2-4-13(17)5-3-12/h2-8H,9-10,18H2,1H3,(H,19,20). The van der Waals surface area contributed by atoms with Crippen molar-refractivity contribution in [3.8, 4) is 5.75 Å². The highest BCUT2D eigenvalue weighted by Crippen LogP contribution is 2.19. The monoisotopic (exact) mass is 304 g/mol. The number of halogens is 1. The van der Waals surface area contributed by atoms with Crippen LogP contribution in [0.5, 0.6) is 5.75 Å². The van der Waals surface area contributed by atoms with E-state index < -0.39 is 0 Å². The summed E-state index contributed by atoms with van der Waals surface area (Å²) in [5, 5.41) is 3.46. The Bertz CT molecular complexity index is 627. The van der Waals surface area contributed by atoms with Gasteiger partial charge in [0.25, 0.3) is 5.91 Å². The molecule has 4 nitrogen and oxygen atoms in total. The largest absolute Gasteiger partial charge is 0.484 e. The molecule has 5 heteroatoms. The molecule has 0 aliphatic rings. The Morgan fingerprint density at radius 3 is 2.62 bits per heavy atom. The third-order valence-corrected chi connectivity index (χ3v) is 3.21. The SMILES string of the molecule is Cc1cc(N)ccc1OCC(=O)NCc1ccc(Cl)cc1. The molecular weight excluding hydrogens is 288 g/mol. The number of ether oxygens (including phenoxy) is 1. The van der Waals surface area contributed by atoms with Crippen molar-refractivity contribution in [1.29, 1.82) is 0 Å². The zero-order valence-electron chi connectivity index (χ0n) is 11.7. The number of carbonyl (C=O) groups excluding carboxylic acids is 1. The zero-order chi connectivity index (χ0) is 15.2. The minimum Gasteiger partial charge on any atom is -0.484 e. The van der Waals surface area contributed by atoms with Crippen molar-refractivity contribution >= 4 is 23.2 Å². The number of amides is 1. The summed E-state index contributed by atoms with van der Waals surface area (Å²) >= 11 is 5.80. The Balaban J connectivity index is 1.80. The quantitative estimate of drug-likeness (QED) is 0.835. The van der Waals surface area contributed by atoms with Gasteiger partial charge in [0, 0.05) is 17.3 Å². The number of carbonyl (C=O) groups is 1. The summed E-state index contributed by atoms with van der Waals surface area (Å²) in [5.41, 5.74) is 8.22. The van der Waals surface area contributed by atoms with Gasteiger partial charge in [0.15, 0.2) is 6.61 Å². The van der Waals surface area contributed by atoms with Crippen LogP contribution in [-0.2, 0) is 11.3 Å². The lowest BCUT2D eigenvalue weighted by atomic mass is 10.2. The summed E-state index contributed by atoms with van der Waals surface area (Å²) in [4.78, 5) is 11.7. The maximum Gasteiger partial charge on any atom is 0.258 e. The van der Waals surface area contributed by atoms with Crippen molar-refractivity contribution in [2.75, 3.05) is 12.3 Å². The smallest absolute Gasteiger partial charge is 0.258 e. The van der Waals surface area contributed by atoms with Gasteiger partial charge in [-0.1, -0.05) is 23.7 Å². The molecule has 1 amide bonds. The number of anilines is 1. The van der Waals surface area contributed by atoms with E-state index in [4.69, 9.17) is 22.1 Å². The first kappa shape index (κ1) is 15.2. The molecule has 0 radical (unpaired) electrons. The first-order valence-corrected chi connectivity index (χ1v) is 6.92. The van der Waals surface area contributed by atoms with Gasteiger partial charge in [-0.15, -0.1) is 0 Å². The van der Waals surface area contributed by atoms with Crippen LogP contribution in [0.25, 0.3) is 0 Å². The Hall–Kier alpha value is -2.20. The number of nitrogens with one attached hydrogen (secondary N) is 1. The minimum atomic E-state index is -0.179. The molecule has 0 aromatic heterocycles. The van der Waals surface area contributed by atoms with Gasteiger partial charge in [-0.3, -0.25) is 4.79 Å². The van der Waals surface area contributed by atoms with Crippen LogP contribution >= 0.6 is 11.6 Å². The number of hydrogen-bond acceptors (Lipinski definition) is 3. The maximum absolute atomic E-state index is 11.7. The van der Waals surface area contributed by atoms with Crippen LogP contribution in [0.4, 0.5) is 5.69 Å². The first-order chi connectivity index (χ1) is 10.0. The van der Waals surface area contributed by atoms with Gasteiger partial charge in [0.05, 0.1) is 0 Å². The lowest BCUT2D eigenvalue weighted by Gasteiger charge is -2.10. The van der Waals surface area contributed by atoms with E-state index in [9.17, 15) is 4.79 Å². The van der Waals surface area contributed by atoms with Crippen LogP contribution in [0.15, 0.2) is 42.5 Å². The van der Waals surface area contributed by atoms with Crippen LogP contribution in [0.3, 0.4) is 0 Å². The third-order valence-electron chi connectivity index (χ3n) is 2.96. The second kappa shape index (κ2) is 6.99. The fraction of sp³-hybridized carbons (Fsp3) is 0.188. The number of hydrogen-bond donors (Lipinski definition) is 2. The van der Waals surface area contributed by atoms with E-state index in [0.29, 0.717) is 23.0 Å². The van der Waals surface area contributed by atoms with E-state index in [-0.39, 0.29) is 12.5 Å². The number of aryl methyl sites for hydroxylation is 1. The molecule has 0 saturated carbocycles. The van der Waals surface area contributed by atoms with Crippen molar-refractivity contribution in [2.45, 2.75) is 13.5 Å². The summed E-state index contributed by atoms with van der Waals surface area (Å²) < 4.78 is 5.47. The van der Waals surface area contributed by atoms with Crippen LogP contribution in [0.2, 0.25) is 5.02 Å². The highest BCUT2D eigenvalue weighted by molar-refractivity contribution is 6.30. The van der Waals surface area contributed by atoms with E-state index in [2.05, 4.69) is 5.32 Å². The van der Waals surface area contributed by atoms with Crippen LogP contribution in [0.1, 0.15) is 11.1 Å². The van der Waals surface area contributed by atoms with E-state index in [1.165, 1.54) is 0 Å². The van der Waals surface area contributed by atoms with Gasteiger partial charge >= 0.3 is 0 Å². The van der Waals surface area contributed by atoms with Gasteiger partial charge in [0.1, 0.15) is 5.75 Å². The predicted octanol–water partition coefficient (Wildman–Crippen LogP) is 2.93. The number of rotatable bonds is 5. The average molecular weight is 305 g/mol. The minimum absolute atomic E-state index is 0.0294. The summed E-state index contributed by atoms with van der Waals surface area (Å²) in [6.45, 7) is 2.30. The Morgan fingerprint density at radius 2 is 1.95 bits per heavy atom. The zero-order valence-corrected chi connectivity index (χ0v) is 12.5. The Labute approximate surface area is 128 Å². The fourth-order valence-corrected chi connectivity index (χ4v) is 1.96. The molecule has 2 aromatic rings. The predicted molar refractivity (Wildman–Crippen MR) is 84.4 cm³/mol. The van der Waals surface area contributed by atoms with Gasteiger partial charge in [0.2, 0.25) is 0 Å². The molecule has 0 aliphatic carbocycles. The highest BCUT2D eigenvalue weighted by atomic mass is 35.5. The summed E-state index contributed by atoms with van der Waals surface area (Å²) in [5.74, 6) is 0.479. The molecule has 0 aliphatic heterocycles. The van der Waals surface area contributed by atoms with E-state index in [1.807, 2.05) is 19.1 Å². The van der Waals surface area contributed by atoms with Crippen molar-refractivity contribution in [2.24, 2.45) is 0 Å². The molecule has 0 spiro atoms. The number of nitrogens with two attached hydrogens (primary N) is 1. The van der Waals surface area contributed by atoms with Crippen LogP contribution in [-0.4, -0.2) is 12.5 Å². The lowest BCUT2D eigenvalue weighted by Crippen LogP contribution is -2.28. The first-order valence-electron chi connectivity index (χ1n) is 6.54. The topological polar surface area (TPSA) is 64.3 Å². The molecule has 0 bridgehead atoms. The lowest BCUT2D eigenvalue weighted by molar-refractivity contribution is -0.123. The maximum atomic E-state index is 11.7. The average Bonchev–Trinajstić information content (AvgIpc) is 2.46. The summed E-state index contributed by atoms with van der Waals surface area (Å²) in [7, 11) is 0. The highest BCUT2D eigenvalue weighted by Gasteiger charge is 2.05. The molecule has 110 valence electrons. The second-order valence-corrected chi connectivity index (χ2v) is 5.15. The summed E-state index contributed by atoms with van der Waals surface area (Å²) in [6.07, 6.45) is 0. The summed E-state index contributed by atoms with van der Waals surface area (Å²) in [6, 6.07) is 12.6. The van der Waals surface area contributed by atoms with Crippen LogP contribution in [0, 0.1) is 6.92 Å². The number of benzene rings is 2.